The van der Waals surface area contributed by atoms with Gasteiger partial charge in [0.25, 0.3) is 0 Å². The first-order chi connectivity index (χ1) is 9.04. The number of hydrogen-bond donors (Lipinski definition) is 1. The summed E-state index contributed by atoms with van der Waals surface area (Å²) >= 11 is 0. The zero-order valence-corrected chi connectivity index (χ0v) is 13.1. The Hall–Kier alpha value is -1.02. The highest BCUT2D eigenvalue weighted by Gasteiger charge is 2.05. The molecule has 0 spiro atoms. The molecule has 108 valence electrons. The van der Waals surface area contributed by atoms with Crippen LogP contribution in [0.15, 0.2) is 18.2 Å². The molecule has 0 fully saturated rings. The predicted molar refractivity (Wildman–Crippen MR) is 83.1 cm³/mol. The molecule has 0 radical (unpaired) electrons. The van der Waals surface area contributed by atoms with Gasteiger partial charge in [-0.3, -0.25) is 0 Å². The molecule has 0 aliphatic carbocycles. The summed E-state index contributed by atoms with van der Waals surface area (Å²) in [5.74, 6) is 1.60. The summed E-state index contributed by atoms with van der Waals surface area (Å²) in [6.07, 6.45) is 2.26. The van der Waals surface area contributed by atoms with E-state index in [0.29, 0.717) is 12.0 Å². The fourth-order valence-electron chi connectivity index (χ4n) is 2.15. The van der Waals surface area contributed by atoms with Crippen LogP contribution in [0.1, 0.15) is 57.6 Å². The van der Waals surface area contributed by atoms with E-state index in [1.54, 1.807) is 0 Å². The monoisotopic (exact) mass is 263 g/mol. The van der Waals surface area contributed by atoms with Crippen LogP contribution in [-0.4, -0.2) is 19.2 Å². The van der Waals surface area contributed by atoms with Crippen molar-refractivity contribution in [2.45, 2.75) is 59.4 Å². The summed E-state index contributed by atoms with van der Waals surface area (Å²) in [6, 6.07) is 7.12. The van der Waals surface area contributed by atoms with Crippen molar-refractivity contribution in [3.63, 3.8) is 0 Å². The molecule has 1 aromatic carbocycles. The fraction of sp³-hybridized carbons (Fsp3) is 0.647. The van der Waals surface area contributed by atoms with E-state index in [4.69, 9.17) is 4.74 Å². The van der Waals surface area contributed by atoms with Gasteiger partial charge in [0, 0.05) is 6.04 Å². The Kier molecular flexibility index (Phi) is 6.93. The molecular formula is C17H29NO. The van der Waals surface area contributed by atoms with Crippen LogP contribution in [0.5, 0.6) is 5.75 Å². The van der Waals surface area contributed by atoms with Crippen molar-refractivity contribution in [1.29, 1.82) is 0 Å². The lowest BCUT2D eigenvalue weighted by Crippen LogP contribution is -2.25. The summed E-state index contributed by atoms with van der Waals surface area (Å²) < 4.78 is 5.93. The average Bonchev–Trinajstić information content (AvgIpc) is 2.36. The highest BCUT2D eigenvalue weighted by atomic mass is 16.5. The Morgan fingerprint density at radius 1 is 1.21 bits per heavy atom. The van der Waals surface area contributed by atoms with Gasteiger partial charge in [0.15, 0.2) is 0 Å². The van der Waals surface area contributed by atoms with E-state index < -0.39 is 0 Å². The van der Waals surface area contributed by atoms with Gasteiger partial charge >= 0.3 is 0 Å². The third-order valence-corrected chi connectivity index (χ3v) is 3.47. The molecule has 1 aromatic rings. The van der Waals surface area contributed by atoms with Crippen molar-refractivity contribution in [2.75, 3.05) is 13.2 Å². The summed E-state index contributed by atoms with van der Waals surface area (Å²) in [5.41, 5.74) is 2.57. The van der Waals surface area contributed by atoms with Gasteiger partial charge < -0.3 is 10.1 Å². The second-order valence-corrected chi connectivity index (χ2v) is 5.63. The average molecular weight is 263 g/mol. The number of nitrogens with one attached hydrogen (secondary N) is 1. The highest BCUT2D eigenvalue weighted by Crippen LogP contribution is 2.24. The van der Waals surface area contributed by atoms with Gasteiger partial charge in [-0.2, -0.15) is 0 Å². The maximum atomic E-state index is 5.93. The number of benzene rings is 1. The third-order valence-electron chi connectivity index (χ3n) is 3.47. The molecule has 0 saturated carbocycles. The van der Waals surface area contributed by atoms with Crippen LogP contribution < -0.4 is 10.1 Å². The molecule has 1 N–H and O–H groups in total. The topological polar surface area (TPSA) is 21.3 Å². The van der Waals surface area contributed by atoms with Crippen LogP contribution in [-0.2, 0) is 0 Å². The van der Waals surface area contributed by atoms with E-state index in [9.17, 15) is 0 Å². The minimum absolute atomic E-state index is 0.553. The molecule has 1 atom stereocenters. The first-order valence-corrected chi connectivity index (χ1v) is 7.51. The molecule has 0 bridgehead atoms. The minimum Gasteiger partial charge on any atom is -0.493 e. The Morgan fingerprint density at radius 2 is 1.95 bits per heavy atom. The smallest absolute Gasteiger partial charge is 0.122 e. The lowest BCUT2D eigenvalue weighted by Gasteiger charge is -2.14. The Bertz CT molecular complexity index is 374. The van der Waals surface area contributed by atoms with Crippen molar-refractivity contribution in [3.05, 3.63) is 29.3 Å². The number of ether oxygens (including phenoxy) is 1. The van der Waals surface area contributed by atoms with Gasteiger partial charge in [-0.25, -0.2) is 0 Å². The second-order valence-electron chi connectivity index (χ2n) is 5.63. The second kappa shape index (κ2) is 8.21. The molecule has 0 heterocycles. The summed E-state index contributed by atoms with van der Waals surface area (Å²) in [6.45, 7) is 12.8. The van der Waals surface area contributed by atoms with Crippen LogP contribution in [0.4, 0.5) is 0 Å². The molecule has 2 nitrogen and oxygen atoms in total. The molecule has 2 heteroatoms. The lowest BCUT2D eigenvalue weighted by atomic mass is 10.0. The van der Waals surface area contributed by atoms with Crippen LogP contribution in [0, 0.1) is 6.92 Å². The first-order valence-electron chi connectivity index (χ1n) is 7.51. The predicted octanol–water partition coefficient (Wildman–Crippen LogP) is 4.28. The van der Waals surface area contributed by atoms with Crippen molar-refractivity contribution in [2.24, 2.45) is 0 Å². The van der Waals surface area contributed by atoms with E-state index in [1.165, 1.54) is 11.1 Å². The maximum Gasteiger partial charge on any atom is 0.122 e. The molecule has 0 aromatic heterocycles. The molecule has 19 heavy (non-hydrogen) atoms. The van der Waals surface area contributed by atoms with E-state index >= 15 is 0 Å². The minimum atomic E-state index is 0.553. The van der Waals surface area contributed by atoms with Gasteiger partial charge in [0.2, 0.25) is 0 Å². The Labute approximate surface area is 118 Å². The van der Waals surface area contributed by atoms with E-state index in [-0.39, 0.29) is 0 Å². The standard InChI is InChI=1S/C17H29NO/c1-6-18-15(5)8-7-11-19-17-12-16(13(2)3)10-9-14(17)4/h9-10,12-13,15,18H,6-8,11H2,1-5H3. The molecule has 0 aliphatic rings. The largest absolute Gasteiger partial charge is 0.493 e. The van der Waals surface area contributed by atoms with Crippen molar-refractivity contribution in [1.82, 2.24) is 5.32 Å². The third kappa shape index (κ3) is 5.65. The van der Waals surface area contributed by atoms with Crippen LogP contribution in [0.2, 0.25) is 0 Å². The van der Waals surface area contributed by atoms with Gasteiger partial charge in [0.1, 0.15) is 5.75 Å². The Morgan fingerprint density at radius 3 is 2.58 bits per heavy atom. The number of hydrogen-bond acceptors (Lipinski definition) is 2. The molecule has 0 aliphatic heterocycles. The maximum absolute atomic E-state index is 5.93. The van der Waals surface area contributed by atoms with Crippen LogP contribution in [0.25, 0.3) is 0 Å². The van der Waals surface area contributed by atoms with Crippen LogP contribution >= 0.6 is 0 Å². The molecule has 0 saturated heterocycles. The molecule has 1 rings (SSSR count). The zero-order chi connectivity index (χ0) is 14.3. The molecule has 1 unspecified atom stereocenters. The molecule has 0 amide bonds. The van der Waals surface area contributed by atoms with Gasteiger partial charge in [-0.15, -0.1) is 0 Å². The van der Waals surface area contributed by atoms with Gasteiger partial charge in [-0.05, 0) is 56.3 Å². The fourth-order valence-corrected chi connectivity index (χ4v) is 2.15. The van der Waals surface area contributed by atoms with Crippen molar-refractivity contribution in [3.8, 4) is 5.75 Å². The van der Waals surface area contributed by atoms with Crippen molar-refractivity contribution >= 4 is 0 Å². The molecular weight excluding hydrogens is 234 g/mol. The normalized spacial score (nSPS) is 12.7. The summed E-state index contributed by atoms with van der Waals surface area (Å²) in [7, 11) is 0. The van der Waals surface area contributed by atoms with E-state index in [0.717, 1.165) is 31.7 Å². The summed E-state index contributed by atoms with van der Waals surface area (Å²) in [4.78, 5) is 0. The number of rotatable bonds is 8. The lowest BCUT2D eigenvalue weighted by molar-refractivity contribution is 0.296. The first kappa shape index (κ1) is 16.0. The quantitative estimate of drug-likeness (QED) is 0.707. The SMILES string of the molecule is CCNC(C)CCCOc1cc(C(C)C)ccc1C. The zero-order valence-electron chi connectivity index (χ0n) is 13.1. The highest BCUT2D eigenvalue weighted by molar-refractivity contribution is 5.37. The Balaban J connectivity index is 2.42. The summed E-state index contributed by atoms with van der Waals surface area (Å²) in [5, 5.41) is 3.42. The van der Waals surface area contributed by atoms with Crippen molar-refractivity contribution < 1.29 is 4.74 Å². The van der Waals surface area contributed by atoms with E-state index in [2.05, 4.69) is 58.1 Å². The van der Waals surface area contributed by atoms with Gasteiger partial charge in [-0.1, -0.05) is 32.9 Å². The van der Waals surface area contributed by atoms with Gasteiger partial charge in [0.05, 0.1) is 6.61 Å². The number of aryl methyl sites for hydroxylation is 1. The van der Waals surface area contributed by atoms with Crippen LogP contribution in [0.3, 0.4) is 0 Å². The van der Waals surface area contributed by atoms with E-state index in [1.807, 2.05) is 0 Å².